The highest BCUT2D eigenvalue weighted by atomic mass is 15.1. The van der Waals surface area contributed by atoms with Crippen LogP contribution in [0.4, 0.5) is 5.82 Å². The van der Waals surface area contributed by atoms with Crippen LogP contribution >= 0.6 is 0 Å². The van der Waals surface area contributed by atoms with Gasteiger partial charge in [-0.05, 0) is 48.8 Å². The molecule has 0 aliphatic carbocycles. The predicted octanol–water partition coefficient (Wildman–Crippen LogP) is 5.64. The first-order valence-corrected chi connectivity index (χ1v) is 10.6. The maximum absolute atomic E-state index is 4.51. The van der Waals surface area contributed by atoms with Gasteiger partial charge in [0, 0.05) is 18.3 Å². The van der Waals surface area contributed by atoms with E-state index in [9.17, 15) is 0 Å². The number of hydrogen-bond donors (Lipinski definition) is 2. The summed E-state index contributed by atoms with van der Waals surface area (Å²) in [6.07, 6.45) is 1.61. The number of anilines is 1. The zero-order valence-electron chi connectivity index (χ0n) is 17.9. The fraction of sp³-hybridized carbons (Fsp3) is 0.280. The molecule has 2 aromatic heterocycles. The molecule has 2 N–H and O–H groups in total. The third kappa shape index (κ3) is 4.36. The van der Waals surface area contributed by atoms with E-state index in [1.165, 1.54) is 16.7 Å². The Bertz CT molecular complexity index is 1100. The Morgan fingerprint density at radius 1 is 0.967 bits per heavy atom. The maximum Gasteiger partial charge on any atom is 0.143 e. The summed E-state index contributed by atoms with van der Waals surface area (Å²) in [6.45, 7) is 9.62. The molecule has 0 bridgehead atoms. The van der Waals surface area contributed by atoms with Gasteiger partial charge in [-0.25, -0.2) is 9.97 Å². The first-order chi connectivity index (χ1) is 14.7. The van der Waals surface area contributed by atoms with E-state index in [0.29, 0.717) is 0 Å². The molecule has 0 saturated heterocycles. The number of nitrogens with one attached hydrogen (secondary N) is 2. The molecule has 30 heavy (non-hydrogen) atoms. The molecule has 0 amide bonds. The summed E-state index contributed by atoms with van der Waals surface area (Å²) < 4.78 is 0. The summed E-state index contributed by atoms with van der Waals surface area (Å²) in [5.41, 5.74) is 5.61. The van der Waals surface area contributed by atoms with E-state index < -0.39 is 0 Å². The minimum Gasteiger partial charge on any atom is -0.363 e. The van der Waals surface area contributed by atoms with Crippen molar-refractivity contribution in [3.63, 3.8) is 0 Å². The van der Waals surface area contributed by atoms with Crippen molar-refractivity contribution in [2.24, 2.45) is 0 Å². The van der Waals surface area contributed by atoms with Crippen LogP contribution in [0.2, 0.25) is 0 Å². The van der Waals surface area contributed by atoms with Crippen molar-refractivity contribution >= 4 is 16.9 Å². The number of rotatable bonds is 8. The SMILES string of the molecule is CCN(CC)Cc1cccc(-c2cc3c(N[C@H](C)c4ccccc4)ncnc3[nH]2)c1. The Kier molecular flexibility index (Phi) is 6.10. The molecule has 0 fully saturated rings. The van der Waals surface area contributed by atoms with Crippen molar-refractivity contribution in [3.05, 3.63) is 78.1 Å². The van der Waals surface area contributed by atoms with Gasteiger partial charge < -0.3 is 10.3 Å². The van der Waals surface area contributed by atoms with Crippen LogP contribution in [0.3, 0.4) is 0 Å². The molecule has 0 spiro atoms. The van der Waals surface area contributed by atoms with Crippen molar-refractivity contribution in [1.29, 1.82) is 0 Å². The molecule has 2 heterocycles. The number of aromatic amines is 1. The van der Waals surface area contributed by atoms with Gasteiger partial charge >= 0.3 is 0 Å². The lowest BCUT2D eigenvalue weighted by molar-refractivity contribution is 0.296. The molecular weight excluding hydrogens is 370 g/mol. The highest BCUT2D eigenvalue weighted by Gasteiger charge is 2.13. The molecule has 4 aromatic rings. The van der Waals surface area contributed by atoms with E-state index in [1.54, 1.807) is 6.33 Å². The van der Waals surface area contributed by atoms with Crippen LogP contribution in [0.5, 0.6) is 0 Å². The second-order valence-corrected chi connectivity index (χ2v) is 7.61. The summed E-state index contributed by atoms with van der Waals surface area (Å²) in [5.74, 6) is 0.846. The zero-order chi connectivity index (χ0) is 20.9. The minimum atomic E-state index is 0.153. The van der Waals surface area contributed by atoms with Crippen molar-refractivity contribution in [2.45, 2.75) is 33.4 Å². The fourth-order valence-electron chi connectivity index (χ4n) is 3.78. The average Bonchev–Trinajstić information content (AvgIpc) is 3.24. The van der Waals surface area contributed by atoms with Crippen LogP contribution in [0, 0.1) is 0 Å². The van der Waals surface area contributed by atoms with Crippen LogP contribution in [-0.4, -0.2) is 32.9 Å². The van der Waals surface area contributed by atoms with Gasteiger partial charge in [0.1, 0.15) is 17.8 Å². The summed E-state index contributed by atoms with van der Waals surface area (Å²) in [5, 5.41) is 4.54. The molecule has 1 atom stereocenters. The van der Waals surface area contributed by atoms with E-state index in [-0.39, 0.29) is 6.04 Å². The second kappa shape index (κ2) is 9.09. The Morgan fingerprint density at radius 2 is 1.77 bits per heavy atom. The number of nitrogens with zero attached hydrogens (tertiary/aromatic N) is 3. The van der Waals surface area contributed by atoms with Crippen molar-refractivity contribution in [1.82, 2.24) is 19.9 Å². The molecule has 0 aliphatic heterocycles. The molecule has 0 radical (unpaired) electrons. The van der Waals surface area contributed by atoms with Gasteiger partial charge in [0.25, 0.3) is 0 Å². The van der Waals surface area contributed by atoms with Crippen molar-refractivity contribution < 1.29 is 0 Å². The Morgan fingerprint density at radius 3 is 2.53 bits per heavy atom. The van der Waals surface area contributed by atoms with Gasteiger partial charge in [-0.3, -0.25) is 4.90 Å². The van der Waals surface area contributed by atoms with E-state index >= 15 is 0 Å². The van der Waals surface area contributed by atoms with Crippen LogP contribution in [-0.2, 0) is 6.54 Å². The van der Waals surface area contributed by atoms with Crippen LogP contribution in [0.15, 0.2) is 67.0 Å². The largest absolute Gasteiger partial charge is 0.363 e. The highest BCUT2D eigenvalue weighted by Crippen LogP contribution is 2.29. The lowest BCUT2D eigenvalue weighted by Gasteiger charge is -2.18. The fourth-order valence-corrected chi connectivity index (χ4v) is 3.78. The lowest BCUT2D eigenvalue weighted by Crippen LogP contribution is -2.22. The number of H-pyrrole nitrogens is 1. The molecule has 154 valence electrons. The normalized spacial score (nSPS) is 12.4. The molecule has 2 aromatic carbocycles. The topological polar surface area (TPSA) is 56.8 Å². The Hall–Kier alpha value is -3.18. The third-order valence-electron chi connectivity index (χ3n) is 5.62. The number of aromatic nitrogens is 3. The maximum atomic E-state index is 4.51. The van der Waals surface area contributed by atoms with E-state index in [0.717, 1.165) is 42.2 Å². The number of fused-ring (bicyclic) bond motifs is 1. The third-order valence-corrected chi connectivity index (χ3v) is 5.62. The molecule has 0 saturated carbocycles. The van der Waals surface area contributed by atoms with Gasteiger partial charge in [0.05, 0.1) is 5.39 Å². The van der Waals surface area contributed by atoms with Gasteiger partial charge in [-0.1, -0.05) is 62.4 Å². The Labute approximate surface area is 178 Å². The number of benzene rings is 2. The summed E-state index contributed by atoms with van der Waals surface area (Å²) in [7, 11) is 0. The van der Waals surface area contributed by atoms with E-state index in [2.05, 4.69) is 101 Å². The van der Waals surface area contributed by atoms with Crippen molar-refractivity contribution in [3.8, 4) is 11.3 Å². The molecular formula is C25H29N5. The molecule has 4 rings (SSSR count). The minimum absolute atomic E-state index is 0.153. The monoisotopic (exact) mass is 399 g/mol. The van der Waals surface area contributed by atoms with Gasteiger partial charge in [-0.2, -0.15) is 0 Å². The van der Waals surface area contributed by atoms with Crippen LogP contribution in [0.1, 0.15) is 37.9 Å². The smallest absolute Gasteiger partial charge is 0.143 e. The summed E-state index contributed by atoms with van der Waals surface area (Å²) >= 11 is 0. The molecule has 0 aliphatic rings. The molecule has 5 nitrogen and oxygen atoms in total. The van der Waals surface area contributed by atoms with Gasteiger partial charge in [0.2, 0.25) is 0 Å². The van der Waals surface area contributed by atoms with Gasteiger partial charge in [-0.15, -0.1) is 0 Å². The molecule has 0 unspecified atom stereocenters. The summed E-state index contributed by atoms with van der Waals surface area (Å²) in [4.78, 5) is 14.8. The van der Waals surface area contributed by atoms with Crippen molar-refractivity contribution in [2.75, 3.05) is 18.4 Å². The summed E-state index contributed by atoms with van der Waals surface area (Å²) in [6, 6.07) is 21.4. The van der Waals surface area contributed by atoms with E-state index in [4.69, 9.17) is 0 Å². The first-order valence-electron chi connectivity index (χ1n) is 10.6. The molecule has 5 heteroatoms. The van der Waals surface area contributed by atoms with Crippen LogP contribution < -0.4 is 5.32 Å². The quantitative estimate of drug-likeness (QED) is 0.403. The van der Waals surface area contributed by atoms with E-state index in [1.807, 2.05) is 6.07 Å². The lowest BCUT2D eigenvalue weighted by atomic mass is 10.1. The standard InChI is InChI=1S/C25H29N5/c1-4-30(5-2)16-19-10-9-13-21(14-19)23-15-22-24(26-17-27-25(22)29-23)28-18(3)20-11-7-6-8-12-20/h6-15,17-18H,4-5,16H2,1-3H3,(H2,26,27,28,29)/t18-/m1/s1. The average molecular weight is 400 g/mol. The van der Waals surface area contributed by atoms with Gasteiger partial charge in [0.15, 0.2) is 0 Å². The highest BCUT2D eigenvalue weighted by molar-refractivity contribution is 5.91. The zero-order valence-corrected chi connectivity index (χ0v) is 17.9. The van der Waals surface area contributed by atoms with Crippen LogP contribution in [0.25, 0.3) is 22.3 Å². The first kappa shape index (κ1) is 20.1. The second-order valence-electron chi connectivity index (χ2n) is 7.61. The number of hydrogen-bond acceptors (Lipinski definition) is 4. The Balaban J connectivity index is 1.62. The predicted molar refractivity (Wildman–Crippen MR) is 124 cm³/mol.